The normalized spacial score (nSPS) is 20.1. The molecule has 3 nitrogen and oxygen atoms in total. The van der Waals surface area contributed by atoms with E-state index in [0.29, 0.717) is 10.0 Å². The first kappa shape index (κ1) is 11.7. The summed E-state index contributed by atoms with van der Waals surface area (Å²) in [7, 11) is 1.40. The lowest BCUT2D eigenvalue weighted by Crippen LogP contribution is -2.15. The number of phenolic OH excluding ortho intramolecular Hbond substituents is 1. The molecule has 0 saturated carbocycles. The van der Waals surface area contributed by atoms with E-state index >= 15 is 0 Å². The van der Waals surface area contributed by atoms with Gasteiger partial charge in [0.05, 0.1) is 7.11 Å². The van der Waals surface area contributed by atoms with Crippen LogP contribution in [0.4, 0.5) is 4.39 Å². The predicted molar refractivity (Wildman–Crippen MR) is 62.3 cm³/mol. The summed E-state index contributed by atoms with van der Waals surface area (Å²) in [6.45, 7) is 0.878. The average molecular weight is 290 g/mol. The summed E-state index contributed by atoms with van der Waals surface area (Å²) in [5.74, 6) is -0.883. The lowest BCUT2D eigenvalue weighted by molar-refractivity contribution is 0.353. The number of phenols is 1. The fourth-order valence-corrected chi connectivity index (χ4v) is 2.67. The van der Waals surface area contributed by atoms with Crippen LogP contribution in [0, 0.1) is 5.82 Å². The van der Waals surface area contributed by atoms with Gasteiger partial charge in [0, 0.05) is 16.1 Å². The van der Waals surface area contributed by atoms with Gasteiger partial charge in [-0.3, -0.25) is 0 Å². The van der Waals surface area contributed by atoms with Gasteiger partial charge in [-0.2, -0.15) is 0 Å². The molecule has 1 atom stereocenters. The second-order valence-electron chi connectivity index (χ2n) is 3.79. The van der Waals surface area contributed by atoms with Gasteiger partial charge in [0.2, 0.25) is 0 Å². The molecule has 5 heteroatoms. The summed E-state index contributed by atoms with van der Waals surface area (Å²) in [5.41, 5.74) is 0.482. The molecule has 0 bridgehead atoms. The van der Waals surface area contributed by atoms with Gasteiger partial charge >= 0.3 is 0 Å². The quantitative estimate of drug-likeness (QED) is 0.880. The summed E-state index contributed by atoms with van der Waals surface area (Å²) < 4.78 is 19.5. The van der Waals surface area contributed by atoms with E-state index in [2.05, 4.69) is 21.2 Å². The number of hydrogen-bond donors (Lipinski definition) is 2. The van der Waals surface area contributed by atoms with E-state index in [0.717, 1.165) is 19.4 Å². The maximum Gasteiger partial charge on any atom is 0.194 e. The summed E-state index contributed by atoms with van der Waals surface area (Å²) in [5, 5.41) is 12.8. The van der Waals surface area contributed by atoms with Crippen molar-refractivity contribution in [3.63, 3.8) is 0 Å². The lowest BCUT2D eigenvalue weighted by Gasteiger charge is -2.16. The SMILES string of the molecule is COc1cc(Br)c(C2CCCN2)c(F)c1O. The van der Waals surface area contributed by atoms with Crippen molar-refractivity contribution in [3.8, 4) is 11.5 Å². The summed E-state index contributed by atoms with van der Waals surface area (Å²) in [6.07, 6.45) is 1.89. The van der Waals surface area contributed by atoms with Crippen molar-refractivity contribution in [2.45, 2.75) is 18.9 Å². The molecule has 2 rings (SSSR count). The number of benzene rings is 1. The first-order chi connectivity index (χ1) is 7.65. The molecule has 1 saturated heterocycles. The van der Waals surface area contributed by atoms with Crippen molar-refractivity contribution >= 4 is 15.9 Å². The van der Waals surface area contributed by atoms with Crippen LogP contribution >= 0.6 is 15.9 Å². The molecule has 16 heavy (non-hydrogen) atoms. The summed E-state index contributed by atoms with van der Waals surface area (Å²) in [6, 6.07) is 1.56. The highest BCUT2D eigenvalue weighted by molar-refractivity contribution is 9.10. The van der Waals surface area contributed by atoms with E-state index < -0.39 is 11.6 Å². The minimum atomic E-state index is -0.606. The van der Waals surface area contributed by atoms with E-state index in [9.17, 15) is 9.50 Å². The van der Waals surface area contributed by atoms with Crippen molar-refractivity contribution in [1.82, 2.24) is 5.32 Å². The Labute approximate surface area is 102 Å². The van der Waals surface area contributed by atoms with Crippen LogP contribution in [-0.4, -0.2) is 18.8 Å². The monoisotopic (exact) mass is 289 g/mol. The van der Waals surface area contributed by atoms with Gasteiger partial charge in [0.25, 0.3) is 0 Å². The Balaban J connectivity index is 2.48. The first-order valence-electron chi connectivity index (χ1n) is 5.13. The molecule has 0 spiro atoms. The number of ether oxygens (including phenoxy) is 1. The number of hydrogen-bond acceptors (Lipinski definition) is 3. The third kappa shape index (κ3) is 1.89. The largest absolute Gasteiger partial charge is 0.502 e. The van der Waals surface area contributed by atoms with Crippen LogP contribution in [0.2, 0.25) is 0 Å². The highest BCUT2D eigenvalue weighted by atomic mass is 79.9. The molecule has 88 valence electrons. The third-order valence-electron chi connectivity index (χ3n) is 2.82. The van der Waals surface area contributed by atoms with Crippen LogP contribution in [0.15, 0.2) is 10.5 Å². The molecular formula is C11H13BrFNO2. The topological polar surface area (TPSA) is 41.5 Å². The highest BCUT2D eigenvalue weighted by Gasteiger charge is 2.26. The molecule has 1 aliphatic rings. The Bertz CT molecular complexity index is 405. The smallest absolute Gasteiger partial charge is 0.194 e. The maximum atomic E-state index is 14.0. The summed E-state index contributed by atoms with van der Waals surface area (Å²) in [4.78, 5) is 0. The average Bonchev–Trinajstić information content (AvgIpc) is 2.77. The molecule has 2 N–H and O–H groups in total. The molecule has 1 aromatic carbocycles. The second-order valence-corrected chi connectivity index (χ2v) is 4.64. The maximum absolute atomic E-state index is 14.0. The van der Waals surface area contributed by atoms with Crippen molar-refractivity contribution in [2.75, 3.05) is 13.7 Å². The van der Waals surface area contributed by atoms with Gasteiger partial charge in [-0.15, -0.1) is 0 Å². The van der Waals surface area contributed by atoms with Crippen LogP contribution in [-0.2, 0) is 0 Å². The Morgan fingerprint density at radius 3 is 2.94 bits per heavy atom. The zero-order valence-electron chi connectivity index (χ0n) is 8.89. The van der Waals surface area contributed by atoms with E-state index in [1.165, 1.54) is 7.11 Å². The Hall–Kier alpha value is -0.810. The van der Waals surface area contributed by atoms with Crippen molar-refractivity contribution in [3.05, 3.63) is 21.9 Å². The van der Waals surface area contributed by atoms with E-state index in [-0.39, 0.29) is 11.8 Å². The number of aromatic hydroxyl groups is 1. The lowest BCUT2D eigenvalue weighted by atomic mass is 10.0. The predicted octanol–water partition coefficient (Wildman–Crippen LogP) is 2.73. The molecule has 1 unspecified atom stereocenters. The summed E-state index contributed by atoms with van der Waals surface area (Å²) >= 11 is 3.31. The van der Waals surface area contributed by atoms with Crippen LogP contribution in [0.3, 0.4) is 0 Å². The van der Waals surface area contributed by atoms with Gasteiger partial charge in [0.15, 0.2) is 17.3 Å². The molecule has 0 amide bonds. The van der Waals surface area contributed by atoms with Crippen molar-refractivity contribution in [2.24, 2.45) is 0 Å². The molecular weight excluding hydrogens is 277 g/mol. The Kier molecular flexibility index (Phi) is 3.35. The molecule has 1 fully saturated rings. The molecule has 1 heterocycles. The Morgan fingerprint density at radius 2 is 2.38 bits per heavy atom. The first-order valence-corrected chi connectivity index (χ1v) is 5.92. The van der Waals surface area contributed by atoms with Crippen molar-refractivity contribution in [1.29, 1.82) is 0 Å². The van der Waals surface area contributed by atoms with E-state index in [4.69, 9.17) is 4.74 Å². The van der Waals surface area contributed by atoms with Crippen LogP contribution in [0.5, 0.6) is 11.5 Å². The second kappa shape index (κ2) is 4.59. The fourth-order valence-electron chi connectivity index (χ4n) is 2.01. The Morgan fingerprint density at radius 1 is 1.62 bits per heavy atom. The minimum absolute atomic E-state index is 0.0359. The van der Waals surface area contributed by atoms with Gasteiger partial charge in [-0.1, -0.05) is 15.9 Å². The van der Waals surface area contributed by atoms with Gasteiger partial charge in [0.1, 0.15) is 0 Å². The van der Waals surface area contributed by atoms with Gasteiger partial charge in [-0.05, 0) is 25.5 Å². The minimum Gasteiger partial charge on any atom is -0.502 e. The number of rotatable bonds is 2. The van der Waals surface area contributed by atoms with E-state index in [1.807, 2.05) is 0 Å². The van der Waals surface area contributed by atoms with Gasteiger partial charge < -0.3 is 15.2 Å². The van der Waals surface area contributed by atoms with Crippen LogP contribution in [0.1, 0.15) is 24.4 Å². The number of nitrogens with one attached hydrogen (secondary N) is 1. The molecule has 0 aromatic heterocycles. The zero-order valence-corrected chi connectivity index (χ0v) is 10.5. The fraction of sp³-hybridized carbons (Fsp3) is 0.455. The molecule has 1 aliphatic heterocycles. The molecule has 1 aromatic rings. The third-order valence-corrected chi connectivity index (χ3v) is 3.48. The number of halogens is 2. The zero-order chi connectivity index (χ0) is 11.7. The van der Waals surface area contributed by atoms with Crippen LogP contribution in [0.25, 0.3) is 0 Å². The standard InChI is InChI=1S/C11H13BrFNO2/c1-16-8-5-6(12)9(10(13)11(8)15)7-3-2-4-14-7/h5,7,14-15H,2-4H2,1H3. The van der Waals surface area contributed by atoms with Crippen molar-refractivity contribution < 1.29 is 14.2 Å². The van der Waals surface area contributed by atoms with E-state index in [1.54, 1.807) is 6.07 Å². The molecule has 0 radical (unpaired) electrons. The van der Waals surface area contributed by atoms with Gasteiger partial charge in [-0.25, -0.2) is 4.39 Å². The van der Waals surface area contributed by atoms with Crippen LogP contribution < -0.4 is 10.1 Å². The number of methoxy groups -OCH3 is 1. The highest BCUT2D eigenvalue weighted by Crippen LogP contribution is 2.40. The molecule has 0 aliphatic carbocycles.